The van der Waals surface area contributed by atoms with Gasteiger partial charge in [-0.3, -0.25) is 9.59 Å². The lowest BCUT2D eigenvalue weighted by Crippen LogP contribution is -2.39. The van der Waals surface area contributed by atoms with Crippen LogP contribution in [0.2, 0.25) is 0 Å². The highest BCUT2D eigenvalue weighted by Gasteiger charge is 2.41. The van der Waals surface area contributed by atoms with E-state index in [0.29, 0.717) is 6.61 Å². The third kappa shape index (κ3) is 13.4. The minimum Gasteiger partial charge on any atom is -0.358 e. The summed E-state index contributed by atoms with van der Waals surface area (Å²) in [6, 6.07) is 12.0. The SMILES string of the molecule is C#C.CC.CCC1(C)OC[C@H](C(=O)N2CCCC2)O1.Fc1ccccc1.O=CNCCc1cccs1. The molecule has 2 fully saturated rings. The molecule has 3 heterocycles. The highest BCUT2D eigenvalue weighted by Crippen LogP contribution is 2.27. The highest BCUT2D eigenvalue weighted by atomic mass is 32.1. The van der Waals surface area contributed by atoms with Crippen LogP contribution in [0.5, 0.6) is 0 Å². The second-order valence-corrected chi connectivity index (χ2v) is 8.67. The van der Waals surface area contributed by atoms with Crippen molar-refractivity contribution in [1.82, 2.24) is 10.2 Å². The molecule has 0 bridgehead atoms. The predicted molar refractivity (Wildman–Crippen MR) is 145 cm³/mol. The van der Waals surface area contributed by atoms with E-state index < -0.39 is 5.79 Å². The van der Waals surface area contributed by atoms with Gasteiger partial charge in [-0.1, -0.05) is 45.0 Å². The summed E-state index contributed by atoms with van der Waals surface area (Å²) in [5.41, 5.74) is 0. The number of likely N-dealkylation sites (tertiary alicyclic amines) is 1. The Balaban J connectivity index is 0.000000506. The first-order valence-corrected chi connectivity index (χ1v) is 13.2. The van der Waals surface area contributed by atoms with E-state index in [9.17, 15) is 14.0 Å². The monoisotopic (exact) mass is 520 g/mol. The van der Waals surface area contributed by atoms with Crippen molar-refractivity contribution in [3.8, 4) is 12.8 Å². The van der Waals surface area contributed by atoms with Crippen molar-refractivity contribution in [2.75, 3.05) is 26.2 Å². The van der Waals surface area contributed by atoms with E-state index in [2.05, 4.69) is 24.2 Å². The maximum Gasteiger partial charge on any atom is 0.254 e. The van der Waals surface area contributed by atoms with Crippen LogP contribution in [0.4, 0.5) is 4.39 Å². The number of benzene rings is 1. The number of ether oxygens (including phenoxy) is 2. The average molecular weight is 521 g/mol. The van der Waals surface area contributed by atoms with Crippen LogP contribution in [0, 0.1) is 18.7 Å². The molecule has 36 heavy (non-hydrogen) atoms. The molecular weight excluding hydrogens is 479 g/mol. The molecule has 0 spiro atoms. The Morgan fingerprint density at radius 1 is 1.19 bits per heavy atom. The van der Waals surface area contributed by atoms with Gasteiger partial charge in [0, 0.05) is 24.5 Å². The Kier molecular flexibility index (Phi) is 18.9. The van der Waals surface area contributed by atoms with Gasteiger partial charge in [-0.2, -0.15) is 0 Å². The van der Waals surface area contributed by atoms with Crippen molar-refractivity contribution < 1.29 is 23.5 Å². The summed E-state index contributed by atoms with van der Waals surface area (Å²) < 4.78 is 23.1. The van der Waals surface area contributed by atoms with Gasteiger partial charge < -0.3 is 19.7 Å². The second kappa shape index (κ2) is 20.5. The van der Waals surface area contributed by atoms with E-state index in [4.69, 9.17) is 9.47 Å². The van der Waals surface area contributed by atoms with Crippen LogP contribution in [0.1, 0.15) is 51.8 Å². The van der Waals surface area contributed by atoms with E-state index >= 15 is 0 Å². The standard InChI is InChI=1S/C11H19NO3.C7H9NOS.C6H5F.C2H6.C2H2/c1-3-11(2)14-8-9(15-11)10(13)12-6-4-5-7-12;9-6-8-4-3-7-2-1-5-10-7;7-6-4-2-1-3-5-6;2*1-2/h9H,3-8H2,1-2H3;1-2,5-6H,3-4H2,(H,8,9);1-5H;1-2H3;1-2H/t9-,11?;;;;/m1..../s1. The number of carbonyl (C=O) groups excluding carboxylic acids is 2. The minimum atomic E-state index is -0.556. The van der Waals surface area contributed by atoms with Crippen LogP contribution in [0.15, 0.2) is 47.8 Å². The van der Waals surface area contributed by atoms with Crippen molar-refractivity contribution in [3.05, 3.63) is 58.5 Å². The number of nitrogens with zero attached hydrogens (tertiary/aromatic N) is 1. The Hall–Kier alpha value is -2.73. The summed E-state index contributed by atoms with van der Waals surface area (Å²) in [5, 5.41) is 4.65. The first-order valence-electron chi connectivity index (χ1n) is 12.3. The molecule has 2 aliphatic rings. The number of amides is 2. The average Bonchev–Trinajstić information content (AvgIpc) is 3.71. The molecule has 200 valence electrons. The molecule has 0 saturated carbocycles. The number of nitrogens with one attached hydrogen (secondary N) is 1. The lowest BCUT2D eigenvalue weighted by atomic mass is 10.2. The van der Waals surface area contributed by atoms with Crippen molar-refractivity contribution >= 4 is 23.7 Å². The molecular formula is C28H41FN2O4S. The lowest BCUT2D eigenvalue weighted by Gasteiger charge is -2.22. The van der Waals surface area contributed by atoms with Gasteiger partial charge >= 0.3 is 0 Å². The molecule has 1 aromatic heterocycles. The van der Waals surface area contributed by atoms with Crippen LogP contribution in [-0.2, 0) is 25.5 Å². The van der Waals surface area contributed by atoms with E-state index in [1.165, 1.54) is 17.0 Å². The number of thiophene rings is 1. The van der Waals surface area contributed by atoms with E-state index in [1.807, 2.05) is 44.0 Å². The first-order chi connectivity index (χ1) is 17.5. The maximum atomic E-state index is 12.0. The molecule has 2 aliphatic heterocycles. The van der Waals surface area contributed by atoms with Gasteiger partial charge in [-0.25, -0.2) is 4.39 Å². The zero-order valence-electron chi connectivity index (χ0n) is 22.0. The fraction of sp³-hybridized carbons (Fsp3) is 0.500. The third-order valence-corrected chi connectivity index (χ3v) is 6.12. The zero-order chi connectivity index (χ0) is 27.2. The number of hydrogen-bond donors (Lipinski definition) is 1. The summed E-state index contributed by atoms with van der Waals surface area (Å²) in [5.74, 6) is -0.632. The number of carbonyl (C=O) groups is 2. The third-order valence-electron chi connectivity index (χ3n) is 5.18. The molecule has 6 nitrogen and oxygen atoms in total. The predicted octanol–water partition coefficient (Wildman–Crippen LogP) is 5.29. The molecule has 0 radical (unpaired) electrons. The van der Waals surface area contributed by atoms with Gasteiger partial charge in [0.05, 0.1) is 6.61 Å². The summed E-state index contributed by atoms with van der Waals surface area (Å²) >= 11 is 1.72. The van der Waals surface area contributed by atoms with E-state index in [-0.39, 0.29) is 17.8 Å². The zero-order valence-corrected chi connectivity index (χ0v) is 22.8. The van der Waals surface area contributed by atoms with Crippen LogP contribution in [0.3, 0.4) is 0 Å². The summed E-state index contributed by atoms with van der Waals surface area (Å²) in [6.45, 7) is 10.8. The van der Waals surface area contributed by atoms with E-state index in [0.717, 1.165) is 51.7 Å². The van der Waals surface area contributed by atoms with Gasteiger partial charge in [0.25, 0.3) is 5.91 Å². The van der Waals surface area contributed by atoms with Gasteiger partial charge in [-0.05, 0) is 56.2 Å². The largest absolute Gasteiger partial charge is 0.358 e. The number of rotatable bonds is 6. The molecule has 8 heteroatoms. The van der Waals surface area contributed by atoms with Crippen LogP contribution >= 0.6 is 11.3 Å². The fourth-order valence-corrected chi connectivity index (χ4v) is 3.90. The van der Waals surface area contributed by atoms with Crippen molar-refractivity contribution in [3.63, 3.8) is 0 Å². The minimum absolute atomic E-state index is 0.102. The smallest absolute Gasteiger partial charge is 0.254 e. The molecule has 2 amide bonds. The summed E-state index contributed by atoms with van der Waals surface area (Å²) in [4.78, 5) is 25.0. The molecule has 1 N–H and O–H groups in total. The molecule has 0 aliphatic carbocycles. The fourth-order valence-electron chi connectivity index (χ4n) is 3.19. The molecule has 1 unspecified atom stereocenters. The highest BCUT2D eigenvalue weighted by molar-refractivity contribution is 7.09. The Labute approximate surface area is 220 Å². The van der Waals surface area contributed by atoms with Crippen LogP contribution in [-0.4, -0.2) is 55.3 Å². The van der Waals surface area contributed by atoms with Gasteiger partial charge in [0.1, 0.15) is 5.82 Å². The Morgan fingerprint density at radius 3 is 2.28 bits per heavy atom. The number of halogens is 1. The molecule has 4 rings (SSSR count). The molecule has 2 saturated heterocycles. The van der Waals surface area contributed by atoms with Gasteiger partial charge in [0.2, 0.25) is 6.41 Å². The van der Waals surface area contributed by atoms with Crippen LogP contribution in [0.25, 0.3) is 0 Å². The van der Waals surface area contributed by atoms with Crippen molar-refractivity contribution in [1.29, 1.82) is 0 Å². The summed E-state index contributed by atoms with van der Waals surface area (Å²) in [7, 11) is 0. The lowest BCUT2D eigenvalue weighted by molar-refractivity contribution is -0.168. The molecule has 2 atom stereocenters. The first kappa shape index (κ1) is 33.3. The molecule has 2 aromatic rings. The normalized spacial score (nSPS) is 19.5. The Morgan fingerprint density at radius 2 is 1.83 bits per heavy atom. The van der Waals surface area contributed by atoms with Crippen molar-refractivity contribution in [2.45, 2.75) is 65.3 Å². The van der Waals surface area contributed by atoms with Gasteiger partial charge in [-0.15, -0.1) is 24.2 Å². The molecule has 1 aromatic carbocycles. The quantitative estimate of drug-likeness (QED) is 0.319. The van der Waals surface area contributed by atoms with Crippen molar-refractivity contribution in [2.24, 2.45) is 0 Å². The van der Waals surface area contributed by atoms with E-state index in [1.54, 1.807) is 29.5 Å². The maximum absolute atomic E-state index is 12.0. The topological polar surface area (TPSA) is 67.9 Å². The summed E-state index contributed by atoms with van der Waals surface area (Å²) in [6.07, 6.45) is 12.3. The van der Waals surface area contributed by atoms with Gasteiger partial charge in [0.15, 0.2) is 11.9 Å². The second-order valence-electron chi connectivity index (χ2n) is 7.63. The number of hydrogen-bond acceptors (Lipinski definition) is 5. The Bertz CT molecular complexity index is 827. The van der Waals surface area contributed by atoms with Crippen LogP contribution < -0.4 is 5.32 Å². The number of terminal acetylenes is 1.